The maximum atomic E-state index is 12.4. The Hall–Kier alpha value is -1.24. The second kappa shape index (κ2) is 6.47. The van der Waals surface area contributed by atoms with Crippen molar-refractivity contribution in [2.75, 3.05) is 7.05 Å². The van der Waals surface area contributed by atoms with Crippen molar-refractivity contribution in [1.29, 1.82) is 0 Å². The zero-order valence-electron chi connectivity index (χ0n) is 10.8. The summed E-state index contributed by atoms with van der Waals surface area (Å²) in [5.41, 5.74) is 6.89. The van der Waals surface area contributed by atoms with Gasteiger partial charge in [-0.25, -0.2) is 0 Å². The number of amides is 1. The van der Waals surface area contributed by atoms with Gasteiger partial charge in [0, 0.05) is 32.9 Å². The van der Waals surface area contributed by atoms with Crippen LogP contribution in [0.1, 0.15) is 20.8 Å². The van der Waals surface area contributed by atoms with Crippen LogP contribution in [-0.4, -0.2) is 22.8 Å². The fraction of sp³-hybridized carbons (Fsp3) is 0.143. The lowest BCUT2D eigenvalue weighted by atomic mass is 10.1. The van der Waals surface area contributed by atoms with Gasteiger partial charge < -0.3 is 10.6 Å². The number of benzene rings is 1. The third-order valence-corrected chi connectivity index (χ3v) is 4.67. The van der Waals surface area contributed by atoms with E-state index in [1.165, 1.54) is 0 Å². The summed E-state index contributed by atoms with van der Waals surface area (Å²) in [6, 6.07) is 9.10. The number of hydrogen-bond donors (Lipinski definition) is 1. The van der Waals surface area contributed by atoms with E-state index >= 15 is 0 Å². The highest BCUT2D eigenvalue weighted by molar-refractivity contribution is 9.10. The molecule has 20 heavy (non-hydrogen) atoms. The monoisotopic (exact) mass is 368 g/mol. The number of rotatable bonds is 4. The molecule has 0 atom stereocenters. The molecule has 0 aliphatic heterocycles. The predicted octanol–water partition coefficient (Wildman–Crippen LogP) is 3.42. The Morgan fingerprint density at radius 3 is 2.70 bits per heavy atom. The highest BCUT2D eigenvalue weighted by atomic mass is 79.9. The van der Waals surface area contributed by atoms with Crippen LogP contribution in [0.3, 0.4) is 0 Å². The number of nitrogens with zero attached hydrogens (tertiary/aromatic N) is 1. The average molecular weight is 369 g/mol. The number of thiocarbonyl (C=S) groups is 1. The molecule has 0 bridgehead atoms. The quantitative estimate of drug-likeness (QED) is 0.841. The molecule has 0 radical (unpaired) electrons. The van der Waals surface area contributed by atoms with Crippen LogP contribution in [0.2, 0.25) is 0 Å². The Kier molecular flexibility index (Phi) is 4.91. The van der Waals surface area contributed by atoms with E-state index in [4.69, 9.17) is 18.0 Å². The third kappa shape index (κ3) is 3.65. The number of thiophene rings is 1. The molecule has 2 N–H and O–H groups in total. The lowest BCUT2D eigenvalue weighted by Gasteiger charge is -2.16. The van der Waals surface area contributed by atoms with Crippen LogP contribution < -0.4 is 5.73 Å². The normalized spacial score (nSPS) is 10.3. The van der Waals surface area contributed by atoms with Crippen LogP contribution in [0.5, 0.6) is 0 Å². The van der Waals surface area contributed by atoms with Crippen LogP contribution >= 0.6 is 39.5 Å². The third-order valence-electron chi connectivity index (χ3n) is 2.76. The standard InChI is InChI=1S/C14H13BrN2OS2/c1-17(7-12-6-11(15)8-20-12)14(18)10-4-2-3-9(5-10)13(16)19/h2-6,8H,7H2,1H3,(H2,16,19). The highest BCUT2D eigenvalue weighted by Gasteiger charge is 2.13. The minimum absolute atomic E-state index is 0.0485. The first kappa shape index (κ1) is 15.2. The van der Waals surface area contributed by atoms with E-state index < -0.39 is 0 Å². The molecule has 1 aromatic carbocycles. The number of nitrogens with two attached hydrogens (primary N) is 1. The Balaban J connectivity index is 2.14. The Morgan fingerprint density at radius 2 is 2.10 bits per heavy atom. The fourth-order valence-corrected chi connectivity index (χ4v) is 3.40. The Morgan fingerprint density at radius 1 is 1.40 bits per heavy atom. The van der Waals surface area contributed by atoms with Crippen molar-refractivity contribution < 1.29 is 4.79 Å². The maximum absolute atomic E-state index is 12.4. The van der Waals surface area contributed by atoms with Gasteiger partial charge in [0.2, 0.25) is 0 Å². The molecular weight excluding hydrogens is 356 g/mol. The molecule has 2 aromatic rings. The van der Waals surface area contributed by atoms with Gasteiger partial charge in [-0.1, -0.05) is 24.4 Å². The SMILES string of the molecule is CN(Cc1cc(Br)cs1)C(=O)c1cccc(C(N)=S)c1. The summed E-state index contributed by atoms with van der Waals surface area (Å²) in [5, 5.41) is 2.00. The predicted molar refractivity (Wildman–Crippen MR) is 90.1 cm³/mol. The van der Waals surface area contributed by atoms with Gasteiger partial charge in [-0.05, 0) is 34.1 Å². The zero-order valence-corrected chi connectivity index (χ0v) is 14.0. The van der Waals surface area contributed by atoms with E-state index in [0.717, 1.165) is 9.35 Å². The van der Waals surface area contributed by atoms with Gasteiger partial charge in [0.05, 0.1) is 6.54 Å². The Bertz CT molecular complexity index is 654. The number of carbonyl (C=O) groups is 1. The van der Waals surface area contributed by atoms with E-state index in [2.05, 4.69) is 15.9 Å². The van der Waals surface area contributed by atoms with Crippen molar-refractivity contribution >= 4 is 50.4 Å². The van der Waals surface area contributed by atoms with Crippen LogP contribution in [0.4, 0.5) is 0 Å². The van der Waals surface area contributed by atoms with E-state index in [1.807, 2.05) is 11.4 Å². The summed E-state index contributed by atoms with van der Waals surface area (Å²) in [6.45, 7) is 0.576. The first-order valence-corrected chi connectivity index (χ1v) is 7.93. The Labute approximate surface area is 135 Å². The molecule has 1 amide bonds. The molecule has 0 unspecified atom stereocenters. The minimum atomic E-state index is -0.0485. The van der Waals surface area contributed by atoms with Crippen LogP contribution in [0.25, 0.3) is 0 Å². The molecule has 1 aromatic heterocycles. The van der Waals surface area contributed by atoms with E-state index in [1.54, 1.807) is 47.5 Å². The number of halogens is 1. The summed E-state index contributed by atoms with van der Waals surface area (Å²) in [5.74, 6) is -0.0485. The van der Waals surface area contributed by atoms with Gasteiger partial charge in [-0.2, -0.15) is 0 Å². The van der Waals surface area contributed by atoms with Crippen molar-refractivity contribution in [2.24, 2.45) is 5.73 Å². The van der Waals surface area contributed by atoms with Crippen molar-refractivity contribution in [1.82, 2.24) is 4.90 Å². The summed E-state index contributed by atoms with van der Waals surface area (Å²) in [6.07, 6.45) is 0. The highest BCUT2D eigenvalue weighted by Crippen LogP contribution is 2.21. The lowest BCUT2D eigenvalue weighted by molar-refractivity contribution is 0.0786. The smallest absolute Gasteiger partial charge is 0.253 e. The van der Waals surface area contributed by atoms with E-state index in [0.29, 0.717) is 22.7 Å². The molecule has 0 aliphatic rings. The molecule has 0 saturated carbocycles. The molecule has 0 fully saturated rings. The first-order valence-electron chi connectivity index (χ1n) is 5.85. The van der Waals surface area contributed by atoms with Gasteiger partial charge in [0.1, 0.15) is 4.99 Å². The van der Waals surface area contributed by atoms with Crippen molar-refractivity contribution in [3.63, 3.8) is 0 Å². The summed E-state index contributed by atoms with van der Waals surface area (Å²) in [7, 11) is 1.78. The molecule has 3 nitrogen and oxygen atoms in total. The van der Waals surface area contributed by atoms with Crippen LogP contribution in [-0.2, 0) is 6.54 Å². The summed E-state index contributed by atoms with van der Waals surface area (Å²) in [4.78, 5) is 15.5. The van der Waals surface area contributed by atoms with Gasteiger partial charge in [0.15, 0.2) is 0 Å². The van der Waals surface area contributed by atoms with Crippen LogP contribution in [0.15, 0.2) is 40.2 Å². The first-order chi connectivity index (χ1) is 9.47. The largest absolute Gasteiger partial charge is 0.389 e. The second-order valence-corrected chi connectivity index (χ2v) is 6.69. The van der Waals surface area contributed by atoms with E-state index in [-0.39, 0.29) is 5.91 Å². The number of carbonyl (C=O) groups excluding carboxylic acids is 1. The van der Waals surface area contributed by atoms with Crippen molar-refractivity contribution in [3.8, 4) is 0 Å². The van der Waals surface area contributed by atoms with Crippen molar-refractivity contribution in [3.05, 3.63) is 56.2 Å². The average Bonchev–Trinajstić information content (AvgIpc) is 2.83. The maximum Gasteiger partial charge on any atom is 0.253 e. The van der Waals surface area contributed by atoms with Crippen molar-refractivity contribution in [2.45, 2.75) is 6.54 Å². The molecule has 0 spiro atoms. The fourth-order valence-electron chi connectivity index (χ4n) is 1.77. The summed E-state index contributed by atoms with van der Waals surface area (Å²) < 4.78 is 1.04. The van der Waals surface area contributed by atoms with Gasteiger partial charge in [-0.3, -0.25) is 4.79 Å². The van der Waals surface area contributed by atoms with Gasteiger partial charge in [-0.15, -0.1) is 11.3 Å². The molecule has 104 valence electrons. The molecular formula is C14H13BrN2OS2. The molecule has 0 aliphatic carbocycles. The van der Waals surface area contributed by atoms with Gasteiger partial charge in [0.25, 0.3) is 5.91 Å². The molecule has 2 rings (SSSR count). The molecule has 6 heteroatoms. The topological polar surface area (TPSA) is 46.3 Å². The van der Waals surface area contributed by atoms with E-state index in [9.17, 15) is 4.79 Å². The zero-order chi connectivity index (χ0) is 14.7. The summed E-state index contributed by atoms with van der Waals surface area (Å²) >= 11 is 9.96. The second-order valence-electron chi connectivity index (χ2n) is 4.34. The van der Waals surface area contributed by atoms with Gasteiger partial charge >= 0.3 is 0 Å². The minimum Gasteiger partial charge on any atom is -0.389 e. The number of hydrogen-bond acceptors (Lipinski definition) is 3. The molecule has 0 saturated heterocycles. The van der Waals surface area contributed by atoms with Crippen LogP contribution in [0, 0.1) is 0 Å². The molecule has 1 heterocycles. The lowest BCUT2D eigenvalue weighted by Crippen LogP contribution is -2.26.